The minimum atomic E-state index is -1.37. The van der Waals surface area contributed by atoms with Crippen molar-refractivity contribution in [1.29, 1.82) is 5.26 Å². The third kappa shape index (κ3) is 4.16. The molecule has 0 radical (unpaired) electrons. The van der Waals surface area contributed by atoms with Crippen molar-refractivity contribution < 1.29 is 18.3 Å². The van der Waals surface area contributed by atoms with Crippen LogP contribution in [0.15, 0.2) is 40.3 Å². The SMILES string of the molecule is CSc1nc(-c2cc(Cl)cc(Cl)c2OC(=O)c2c(F)cccc2F)c(C#N)c(=O)[nH]1. The lowest BCUT2D eigenvalue weighted by molar-refractivity contribution is 0.0725. The molecule has 0 saturated carbocycles. The van der Waals surface area contributed by atoms with Gasteiger partial charge in [0.05, 0.1) is 5.02 Å². The molecule has 1 aromatic heterocycles. The van der Waals surface area contributed by atoms with Gasteiger partial charge in [0, 0.05) is 10.6 Å². The summed E-state index contributed by atoms with van der Waals surface area (Å²) >= 11 is 13.3. The lowest BCUT2D eigenvalue weighted by Crippen LogP contribution is -2.16. The molecule has 0 unspecified atom stereocenters. The van der Waals surface area contributed by atoms with E-state index < -0.39 is 28.7 Å². The second-order valence-electron chi connectivity index (χ2n) is 5.66. The molecule has 0 aliphatic carbocycles. The van der Waals surface area contributed by atoms with E-state index in [4.69, 9.17) is 27.9 Å². The number of ether oxygens (including phenoxy) is 1. The third-order valence-corrected chi connectivity index (χ3v) is 4.91. The van der Waals surface area contributed by atoms with Gasteiger partial charge in [0.2, 0.25) is 0 Å². The molecule has 0 saturated heterocycles. The molecule has 0 fully saturated rings. The van der Waals surface area contributed by atoms with Crippen LogP contribution in [0.2, 0.25) is 10.0 Å². The number of aromatic amines is 1. The Morgan fingerprint density at radius 2 is 1.93 bits per heavy atom. The Morgan fingerprint density at radius 3 is 2.53 bits per heavy atom. The second-order valence-corrected chi connectivity index (χ2v) is 7.30. The van der Waals surface area contributed by atoms with E-state index in [1.165, 1.54) is 12.1 Å². The number of nitriles is 1. The van der Waals surface area contributed by atoms with Gasteiger partial charge in [0.25, 0.3) is 5.56 Å². The molecular formula is C19H9Cl2F2N3O3S. The van der Waals surface area contributed by atoms with E-state index in [0.717, 1.165) is 30.0 Å². The van der Waals surface area contributed by atoms with Gasteiger partial charge in [0.15, 0.2) is 10.9 Å². The van der Waals surface area contributed by atoms with Gasteiger partial charge in [-0.05, 0) is 30.5 Å². The average Bonchev–Trinajstić information content (AvgIpc) is 2.69. The standard InChI is InChI=1S/C19H9Cl2F2N3O3S/c1-30-19-25-15(10(7-24)17(27)26-19)9-5-8(20)6-11(21)16(9)29-18(28)14-12(22)3-2-4-13(14)23/h2-6H,1H3,(H,25,26,27). The van der Waals surface area contributed by atoms with E-state index in [1.54, 1.807) is 12.3 Å². The minimum absolute atomic E-state index is 0.0736. The van der Waals surface area contributed by atoms with Gasteiger partial charge in [-0.25, -0.2) is 18.6 Å². The zero-order valence-corrected chi connectivity index (χ0v) is 17.3. The smallest absolute Gasteiger partial charge is 0.349 e. The Kier molecular flexibility index (Phi) is 6.41. The quantitative estimate of drug-likeness (QED) is 0.255. The van der Waals surface area contributed by atoms with Crippen molar-refractivity contribution in [3.63, 3.8) is 0 Å². The fraction of sp³-hybridized carbons (Fsp3) is 0.0526. The van der Waals surface area contributed by atoms with E-state index in [-0.39, 0.29) is 37.8 Å². The van der Waals surface area contributed by atoms with Crippen molar-refractivity contribution in [3.05, 3.63) is 73.5 Å². The van der Waals surface area contributed by atoms with Crippen LogP contribution in [0.4, 0.5) is 8.78 Å². The normalized spacial score (nSPS) is 10.5. The molecule has 0 spiro atoms. The lowest BCUT2D eigenvalue weighted by Gasteiger charge is -2.14. The molecule has 1 heterocycles. The minimum Gasteiger partial charge on any atom is -0.420 e. The topological polar surface area (TPSA) is 95.8 Å². The number of hydrogen-bond acceptors (Lipinski definition) is 6. The Labute approximate surface area is 182 Å². The van der Waals surface area contributed by atoms with E-state index in [9.17, 15) is 23.6 Å². The predicted octanol–water partition coefficient (Wildman–Crippen LogP) is 4.83. The highest BCUT2D eigenvalue weighted by molar-refractivity contribution is 7.98. The number of esters is 1. The first-order chi connectivity index (χ1) is 14.3. The van der Waals surface area contributed by atoms with Crippen LogP contribution in [0, 0.1) is 23.0 Å². The second kappa shape index (κ2) is 8.83. The number of H-pyrrole nitrogens is 1. The fourth-order valence-electron chi connectivity index (χ4n) is 2.52. The average molecular weight is 468 g/mol. The summed E-state index contributed by atoms with van der Waals surface area (Å²) in [4.78, 5) is 31.3. The highest BCUT2D eigenvalue weighted by Gasteiger charge is 2.25. The molecule has 3 aromatic rings. The van der Waals surface area contributed by atoms with E-state index in [2.05, 4.69) is 9.97 Å². The predicted molar refractivity (Wildman–Crippen MR) is 108 cm³/mol. The van der Waals surface area contributed by atoms with Crippen molar-refractivity contribution in [2.75, 3.05) is 6.26 Å². The molecule has 11 heteroatoms. The summed E-state index contributed by atoms with van der Waals surface area (Å²) in [5, 5.41) is 9.46. The van der Waals surface area contributed by atoms with E-state index in [0.29, 0.717) is 0 Å². The maximum atomic E-state index is 14.0. The van der Waals surface area contributed by atoms with Crippen LogP contribution in [0.5, 0.6) is 5.75 Å². The molecule has 30 heavy (non-hydrogen) atoms. The summed E-state index contributed by atoms with van der Waals surface area (Å²) in [6.07, 6.45) is 1.64. The van der Waals surface area contributed by atoms with Gasteiger partial charge in [-0.2, -0.15) is 5.26 Å². The number of rotatable bonds is 4. The zero-order valence-electron chi connectivity index (χ0n) is 14.9. The molecular weight excluding hydrogens is 459 g/mol. The Balaban J connectivity index is 2.23. The zero-order chi connectivity index (χ0) is 22.0. The molecule has 0 aliphatic heterocycles. The number of carbonyl (C=O) groups is 1. The molecule has 0 amide bonds. The Morgan fingerprint density at radius 1 is 1.27 bits per heavy atom. The number of nitrogens with zero attached hydrogens (tertiary/aromatic N) is 2. The van der Waals surface area contributed by atoms with Crippen molar-refractivity contribution in [3.8, 4) is 23.1 Å². The molecule has 1 N–H and O–H groups in total. The fourth-order valence-corrected chi connectivity index (χ4v) is 3.43. The number of carbonyl (C=O) groups excluding carboxylic acids is 1. The van der Waals surface area contributed by atoms with Gasteiger partial charge in [-0.15, -0.1) is 0 Å². The number of aromatic nitrogens is 2. The first-order valence-corrected chi connectivity index (χ1v) is 9.99. The highest BCUT2D eigenvalue weighted by atomic mass is 35.5. The maximum absolute atomic E-state index is 14.0. The van der Waals surface area contributed by atoms with Crippen LogP contribution >= 0.6 is 35.0 Å². The largest absolute Gasteiger partial charge is 0.420 e. The number of halogens is 4. The summed E-state index contributed by atoms with van der Waals surface area (Å²) in [6, 6.07) is 7.08. The molecule has 0 bridgehead atoms. The highest BCUT2D eigenvalue weighted by Crippen LogP contribution is 2.40. The van der Waals surface area contributed by atoms with Crippen LogP contribution in [0.3, 0.4) is 0 Å². The van der Waals surface area contributed by atoms with Gasteiger partial charge in [-0.1, -0.05) is 41.0 Å². The van der Waals surface area contributed by atoms with Gasteiger partial charge in [0.1, 0.15) is 34.5 Å². The van der Waals surface area contributed by atoms with Crippen molar-refractivity contribution >= 4 is 40.9 Å². The van der Waals surface area contributed by atoms with E-state index in [1.807, 2.05) is 0 Å². The van der Waals surface area contributed by atoms with Crippen LogP contribution in [0.1, 0.15) is 15.9 Å². The van der Waals surface area contributed by atoms with E-state index >= 15 is 0 Å². The molecule has 152 valence electrons. The first kappa shape index (κ1) is 21.8. The first-order valence-electron chi connectivity index (χ1n) is 8.00. The summed E-state index contributed by atoms with van der Waals surface area (Å²) < 4.78 is 33.1. The third-order valence-electron chi connectivity index (χ3n) is 3.83. The van der Waals surface area contributed by atoms with Crippen molar-refractivity contribution in [2.24, 2.45) is 0 Å². The van der Waals surface area contributed by atoms with Crippen LogP contribution < -0.4 is 10.3 Å². The van der Waals surface area contributed by atoms with Crippen LogP contribution in [-0.4, -0.2) is 22.2 Å². The molecule has 0 atom stereocenters. The number of thioether (sulfide) groups is 1. The van der Waals surface area contributed by atoms with Crippen LogP contribution in [0.25, 0.3) is 11.3 Å². The van der Waals surface area contributed by atoms with Crippen LogP contribution in [-0.2, 0) is 0 Å². The van der Waals surface area contributed by atoms with Gasteiger partial charge in [-0.3, -0.25) is 4.79 Å². The van der Waals surface area contributed by atoms with Gasteiger partial charge >= 0.3 is 5.97 Å². The monoisotopic (exact) mass is 467 g/mol. The summed E-state index contributed by atoms with van der Waals surface area (Å²) in [6.45, 7) is 0. The van der Waals surface area contributed by atoms with Crippen molar-refractivity contribution in [1.82, 2.24) is 9.97 Å². The molecule has 3 rings (SSSR count). The molecule has 0 aliphatic rings. The number of benzene rings is 2. The number of hydrogen-bond donors (Lipinski definition) is 1. The Hall–Kier alpha value is -2.93. The van der Waals surface area contributed by atoms with Crippen molar-refractivity contribution in [2.45, 2.75) is 5.16 Å². The maximum Gasteiger partial charge on any atom is 0.349 e. The summed E-state index contributed by atoms with van der Waals surface area (Å²) in [7, 11) is 0. The Bertz CT molecular complexity index is 1250. The molecule has 6 nitrogen and oxygen atoms in total. The summed E-state index contributed by atoms with van der Waals surface area (Å²) in [5.41, 5.74) is -2.29. The lowest BCUT2D eigenvalue weighted by atomic mass is 10.1. The number of nitrogens with one attached hydrogen (secondary N) is 1. The summed E-state index contributed by atoms with van der Waals surface area (Å²) in [5.74, 6) is -4.01. The van der Waals surface area contributed by atoms with Gasteiger partial charge < -0.3 is 9.72 Å². The molecule has 2 aromatic carbocycles.